The maximum Gasteiger partial charge on any atom is 0.237 e. The Morgan fingerprint density at radius 3 is 2.91 bits per heavy atom. The molecule has 0 aliphatic carbocycles. The zero-order chi connectivity index (χ0) is 17.1. The van der Waals surface area contributed by atoms with Gasteiger partial charge in [0.1, 0.15) is 15.4 Å². The number of nitrogens with zero attached hydrogens (tertiary/aromatic N) is 1. The molecule has 0 aromatic heterocycles. The molecule has 0 aromatic carbocycles. The van der Waals surface area contributed by atoms with Crippen molar-refractivity contribution in [2.75, 3.05) is 38.8 Å². The number of nitrogens with two attached hydrogens (primary N) is 1. The summed E-state index contributed by atoms with van der Waals surface area (Å²) in [7, 11) is -1.33. The Hall–Kier alpha value is -0.700. The first kappa shape index (κ1) is 18.6. The molecule has 2 bridgehead atoms. The van der Waals surface area contributed by atoms with Crippen molar-refractivity contribution in [3.05, 3.63) is 6.42 Å². The smallest absolute Gasteiger partial charge is 0.237 e. The van der Waals surface area contributed by atoms with Crippen molar-refractivity contribution in [1.82, 2.24) is 10.2 Å². The molecule has 7 nitrogen and oxygen atoms in total. The molecule has 2 aliphatic heterocycles. The molecule has 0 spiro atoms. The number of primary amides is 1. The number of sulfone groups is 1. The van der Waals surface area contributed by atoms with E-state index in [0.717, 1.165) is 19.3 Å². The number of fused-ring (bicyclic) bond motifs is 2. The normalized spacial score (nSPS) is 29.6. The molecule has 2 fully saturated rings. The minimum Gasteiger partial charge on any atom is -0.379 e. The first-order chi connectivity index (χ1) is 10.8. The summed E-state index contributed by atoms with van der Waals surface area (Å²) >= 11 is 0. The topological polar surface area (TPSA) is 102 Å². The number of amides is 1. The molecule has 1 unspecified atom stereocenters. The largest absolute Gasteiger partial charge is 0.379 e. The van der Waals surface area contributed by atoms with E-state index >= 15 is 0 Å². The lowest BCUT2D eigenvalue weighted by molar-refractivity contribution is -0.131. The summed E-state index contributed by atoms with van der Waals surface area (Å²) in [5.41, 5.74) is 5.13. The van der Waals surface area contributed by atoms with Gasteiger partial charge in [-0.1, -0.05) is 0 Å². The van der Waals surface area contributed by atoms with Gasteiger partial charge in [-0.15, -0.1) is 0 Å². The van der Waals surface area contributed by atoms with Gasteiger partial charge in [-0.3, -0.25) is 9.69 Å². The average molecular weight is 346 g/mol. The summed E-state index contributed by atoms with van der Waals surface area (Å²) in [6, 6.07) is 0.352. The van der Waals surface area contributed by atoms with Gasteiger partial charge in [0.15, 0.2) is 0 Å². The fourth-order valence-electron chi connectivity index (χ4n) is 3.68. The van der Waals surface area contributed by atoms with Crippen LogP contribution >= 0.6 is 0 Å². The lowest BCUT2D eigenvalue weighted by atomic mass is 9.87. The van der Waals surface area contributed by atoms with Gasteiger partial charge in [-0.2, -0.15) is 0 Å². The van der Waals surface area contributed by atoms with E-state index in [2.05, 4.69) is 16.6 Å². The van der Waals surface area contributed by atoms with E-state index in [-0.39, 0.29) is 17.8 Å². The Balaban J connectivity index is 1.91. The van der Waals surface area contributed by atoms with Crippen molar-refractivity contribution in [1.29, 1.82) is 0 Å². The van der Waals surface area contributed by atoms with Crippen molar-refractivity contribution < 1.29 is 17.9 Å². The Kier molecular flexibility index (Phi) is 6.05. The Labute approximate surface area is 138 Å². The number of hydrogen-bond donors (Lipinski definition) is 2. The van der Waals surface area contributed by atoms with Crippen LogP contribution in [0.15, 0.2) is 0 Å². The standard InChI is InChI=1S/C15H28N3O4S/c1-22-13(10-17-8-9-23(2,20)21)11-18-12-4-3-6-15(18,7-5-12)14(16)19/h3,12-13,17H,4-11H2,1-2H3,(H2,16,19)/t12-,13?,15+/m1/s1. The van der Waals surface area contributed by atoms with Crippen molar-refractivity contribution >= 4 is 15.7 Å². The molecule has 23 heavy (non-hydrogen) atoms. The molecule has 2 heterocycles. The zero-order valence-electron chi connectivity index (χ0n) is 14.0. The first-order valence-corrected chi connectivity index (χ1v) is 10.1. The average Bonchev–Trinajstić information content (AvgIpc) is 2.68. The van der Waals surface area contributed by atoms with E-state index in [1.165, 1.54) is 6.26 Å². The maximum absolute atomic E-state index is 12.0. The van der Waals surface area contributed by atoms with Gasteiger partial charge in [0.05, 0.1) is 11.9 Å². The molecular formula is C15H28N3O4S. The van der Waals surface area contributed by atoms with Gasteiger partial charge in [0, 0.05) is 39.0 Å². The summed E-state index contributed by atoms with van der Waals surface area (Å²) in [6.07, 6.45) is 6.77. The van der Waals surface area contributed by atoms with Crippen LogP contribution in [0.25, 0.3) is 0 Å². The van der Waals surface area contributed by atoms with Crippen LogP contribution < -0.4 is 11.1 Å². The van der Waals surface area contributed by atoms with Crippen LogP contribution in [0.5, 0.6) is 0 Å². The third-order valence-corrected chi connectivity index (χ3v) is 5.96. The summed E-state index contributed by atoms with van der Waals surface area (Å²) < 4.78 is 27.8. The van der Waals surface area contributed by atoms with E-state index in [9.17, 15) is 13.2 Å². The third-order valence-electron chi connectivity index (χ3n) is 5.02. The van der Waals surface area contributed by atoms with Crippen LogP contribution in [0.2, 0.25) is 0 Å². The number of piperidine rings is 1. The number of hydrogen-bond acceptors (Lipinski definition) is 6. The van der Waals surface area contributed by atoms with E-state index in [4.69, 9.17) is 10.5 Å². The van der Waals surface area contributed by atoms with Gasteiger partial charge < -0.3 is 15.8 Å². The molecule has 1 radical (unpaired) electrons. The second kappa shape index (κ2) is 7.46. The van der Waals surface area contributed by atoms with Crippen LogP contribution in [0.4, 0.5) is 0 Å². The zero-order valence-corrected chi connectivity index (χ0v) is 14.8. The van der Waals surface area contributed by atoms with Gasteiger partial charge in [0.25, 0.3) is 0 Å². The van der Waals surface area contributed by atoms with E-state index < -0.39 is 15.4 Å². The molecule has 0 saturated carbocycles. The van der Waals surface area contributed by atoms with Crippen molar-refractivity contribution in [3.8, 4) is 0 Å². The minimum absolute atomic E-state index is 0.105. The molecule has 0 aromatic rings. The highest BCUT2D eigenvalue weighted by Gasteiger charge is 2.52. The molecule has 8 heteroatoms. The van der Waals surface area contributed by atoms with Crippen molar-refractivity contribution in [3.63, 3.8) is 0 Å². The summed E-state index contributed by atoms with van der Waals surface area (Å²) in [6.45, 7) is 1.58. The van der Waals surface area contributed by atoms with Gasteiger partial charge >= 0.3 is 0 Å². The third kappa shape index (κ3) is 4.43. The first-order valence-electron chi connectivity index (χ1n) is 8.08. The highest BCUT2D eigenvalue weighted by Crippen LogP contribution is 2.43. The SMILES string of the molecule is COC(CNCCS(C)(=O)=O)CN1[C@@H]2C[CH]C[C@@]1(C(N)=O)CC2. The molecule has 2 saturated heterocycles. The van der Waals surface area contributed by atoms with Crippen molar-refractivity contribution in [2.24, 2.45) is 5.73 Å². The van der Waals surface area contributed by atoms with Crippen LogP contribution in [0, 0.1) is 6.42 Å². The van der Waals surface area contributed by atoms with E-state index in [0.29, 0.717) is 32.1 Å². The monoisotopic (exact) mass is 346 g/mol. The molecule has 3 N–H and O–H groups in total. The van der Waals surface area contributed by atoms with E-state index in [1.54, 1.807) is 7.11 Å². The fourth-order valence-corrected chi connectivity index (χ4v) is 4.20. The van der Waals surface area contributed by atoms with Crippen LogP contribution in [-0.2, 0) is 19.4 Å². The van der Waals surface area contributed by atoms with Crippen LogP contribution in [-0.4, -0.2) is 75.7 Å². The van der Waals surface area contributed by atoms with Gasteiger partial charge in [-0.25, -0.2) is 8.42 Å². The second-order valence-electron chi connectivity index (χ2n) is 6.66. The maximum atomic E-state index is 12.0. The molecule has 3 atom stereocenters. The summed E-state index contributed by atoms with van der Waals surface area (Å²) in [5, 5.41) is 3.12. The Morgan fingerprint density at radius 2 is 2.30 bits per heavy atom. The fraction of sp³-hybridized carbons (Fsp3) is 0.867. The number of ether oxygens (including phenoxy) is 1. The van der Waals surface area contributed by atoms with Crippen molar-refractivity contribution in [2.45, 2.75) is 43.4 Å². The molecule has 1 amide bonds. The number of methoxy groups -OCH3 is 1. The number of rotatable bonds is 9. The summed E-state index contributed by atoms with van der Waals surface area (Å²) in [4.78, 5) is 14.2. The van der Waals surface area contributed by atoms with E-state index in [1.807, 2.05) is 0 Å². The van der Waals surface area contributed by atoms with Gasteiger partial charge in [0.2, 0.25) is 5.91 Å². The second-order valence-corrected chi connectivity index (χ2v) is 8.92. The molecule has 133 valence electrons. The predicted molar refractivity (Wildman–Crippen MR) is 88.6 cm³/mol. The summed E-state index contributed by atoms with van der Waals surface area (Å²) in [5.74, 6) is -0.147. The molecule has 2 rings (SSSR count). The van der Waals surface area contributed by atoms with Gasteiger partial charge in [-0.05, 0) is 32.1 Å². The quantitative estimate of drug-likeness (QED) is 0.537. The molecular weight excluding hydrogens is 318 g/mol. The van der Waals surface area contributed by atoms with Crippen LogP contribution in [0.3, 0.4) is 0 Å². The number of carbonyl (C=O) groups excluding carboxylic acids is 1. The predicted octanol–water partition coefficient (Wildman–Crippen LogP) is -0.678. The Morgan fingerprint density at radius 1 is 1.57 bits per heavy atom. The van der Waals surface area contributed by atoms with Crippen LogP contribution in [0.1, 0.15) is 25.7 Å². The minimum atomic E-state index is -2.96. The highest BCUT2D eigenvalue weighted by molar-refractivity contribution is 7.90. The lowest BCUT2D eigenvalue weighted by Crippen LogP contribution is -2.60. The Bertz CT molecular complexity index is 521. The molecule has 2 aliphatic rings. The highest BCUT2D eigenvalue weighted by atomic mass is 32.2. The number of nitrogens with one attached hydrogen (secondary N) is 1. The lowest BCUT2D eigenvalue weighted by Gasteiger charge is -2.43. The number of carbonyl (C=O) groups is 1.